The smallest absolute Gasteiger partial charge is 0.287 e. The van der Waals surface area contributed by atoms with E-state index >= 15 is 0 Å². The summed E-state index contributed by atoms with van der Waals surface area (Å²) in [5, 5.41) is 3.08. The van der Waals surface area contributed by atoms with Gasteiger partial charge in [-0.1, -0.05) is 27.2 Å². The Balaban J connectivity index is 1.82. The molecule has 1 saturated carbocycles. The second kappa shape index (κ2) is 5.81. The van der Waals surface area contributed by atoms with E-state index in [4.69, 9.17) is 4.42 Å². The van der Waals surface area contributed by atoms with Crippen LogP contribution in [-0.4, -0.2) is 11.9 Å². The molecule has 106 valence electrons. The van der Waals surface area contributed by atoms with Gasteiger partial charge in [0.1, 0.15) is 0 Å². The molecule has 1 aromatic heterocycles. The van der Waals surface area contributed by atoms with E-state index in [0.717, 1.165) is 18.8 Å². The fourth-order valence-electron chi connectivity index (χ4n) is 2.97. The van der Waals surface area contributed by atoms with Crippen LogP contribution in [-0.2, 0) is 0 Å². The van der Waals surface area contributed by atoms with E-state index in [1.807, 2.05) is 0 Å². The van der Waals surface area contributed by atoms with E-state index < -0.39 is 0 Å². The minimum absolute atomic E-state index is 0.0804. The Morgan fingerprint density at radius 2 is 2.05 bits per heavy atom. The molecule has 0 unspecified atom stereocenters. The van der Waals surface area contributed by atoms with Gasteiger partial charge in [-0.05, 0) is 49.1 Å². The molecule has 1 fully saturated rings. The molecule has 1 heterocycles. The second-order valence-corrected chi connectivity index (χ2v) is 6.34. The van der Waals surface area contributed by atoms with Crippen molar-refractivity contribution in [3.05, 3.63) is 24.2 Å². The Morgan fingerprint density at radius 1 is 1.37 bits per heavy atom. The Morgan fingerprint density at radius 3 is 2.58 bits per heavy atom. The van der Waals surface area contributed by atoms with Gasteiger partial charge in [0.05, 0.1) is 6.26 Å². The van der Waals surface area contributed by atoms with Gasteiger partial charge in [0.25, 0.3) is 5.91 Å². The summed E-state index contributed by atoms with van der Waals surface area (Å²) in [6.07, 6.45) is 7.35. The summed E-state index contributed by atoms with van der Waals surface area (Å²) in [4.78, 5) is 11.9. The van der Waals surface area contributed by atoms with Crippen molar-refractivity contribution < 1.29 is 9.21 Å². The summed E-state index contributed by atoms with van der Waals surface area (Å²) < 4.78 is 5.12. The van der Waals surface area contributed by atoms with Crippen molar-refractivity contribution in [3.63, 3.8) is 0 Å². The Hall–Kier alpha value is -1.25. The summed E-state index contributed by atoms with van der Waals surface area (Å²) in [5.74, 6) is 1.12. The van der Waals surface area contributed by atoms with E-state index in [1.165, 1.54) is 25.5 Å². The standard InChI is InChI=1S/C16H25NO2/c1-4-16(2,3)12-7-9-13(10-8-12)17-15(18)14-6-5-11-19-14/h5-6,11-13H,4,7-10H2,1-3H3,(H,17,18). The summed E-state index contributed by atoms with van der Waals surface area (Å²) in [6.45, 7) is 6.99. The maximum absolute atomic E-state index is 11.9. The molecule has 0 saturated heterocycles. The molecule has 2 rings (SSSR count). The molecule has 1 aromatic rings. The number of carbonyl (C=O) groups is 1. The van der Waals surface area contributed by atoms with Gasteiger partial charge in [0, 0.05) is 6.04 Å². The quantitative estimate of drug-likeness (QED) is 0.892. The molecule has 1 amide bonds. The third-order valence-corrected chi connectivity index (χ3v) is 4.82. The molecule has 0 aliphatic heterocycles. The van der Waals surface area contributed by atoms with Crippen molar-refractivity contribution >= 4 is 5.91 Å². The van der Waals surface area contributed by atoms with Crippen molar-refractivity contribution in [2.75, 3.05) is 0 Å². The first kappa shape index (κ1) is 14.2. The highest BCUT2D eigenvalue weighted by atomic mass is 16.3. The first-order valence-corrected chi connectivity index (χ1v) is 7.37. The number of nitrogens with one attached hydrogen (secondary N) is 1. The number of rotatable bonds is 4. The van der Waals surface area contributed by atoms with Crippen molar-refractivity contribution in [2.24, 2.45) is 11.3 Å². The Kier molecular flexibility index (Phi) is 4.33. The topological polar surface area (TPSA) is 42.2 Å². The van der Waals surface area contributed by atoms with Crippen LogP contribution in [0.2, 0.25) is 0 Å². The lowest BCUT2D eigenvalue weighted by molar-refractivity contribution is 0.0866. The minimum atomic E-state index is -0.0804. The number of furan rings is 1. The van der Waals surface area contributed by atoms with Crippen molar-refractivity contribution in [1.82, 2.24) is 5.32 Å². The fraction of sp³-hybridized carbons (Fsp3) is 0.688. The summed E-state index contributed by atoms with van der Waals surface area (Å²) in [6, 6.07) is 3.76. The molecule has 0 aromatic carbocycles. The molecule has 0 atom stereocenters. The van der Waals surface area contributed by atoms with Gasteiger partial charge in [-0.3, -0.25) is 4.79 Å². The van der Waals surface area contributed by atoms with Crippen LogP contribution < -0.4 is 5.32 Å². The van der Waals surface area contributed by atoms with Gasteiger partial charge in [0.15, 0.2) is 5.76 Å². The molecular formula is C16H25NO2. The van der Waals surface area contributed by atoms with Crippen LogP contribution in [0.5, 0.6) is 0 Å². The highest BCUT2D eigenvalue weighted by Crippen LogP contribution is 2.40. The predicted molar refractivity (Wildman–Crippen MR) is 76.0 cm³/mol. The maximum Gasteiger partial charge on any atom is 0.287 e. The molecule has 3 heteroatoms. The zero-order chi connectivity index (χ0) is 13.9. The van der Waals surface area contributed by atoms with Crippen LogP contribution in [0.25, 0.3) is 0 Å². The molecule has 0 radical (unpaired) electrons. The average molecular weight is 263 g/mol. The summed E-state index contributed by atoms with van der Waals surface area (Å²) in [5.41, 5.74) is 0.427. The van der Waals surface area contributed by atoms with E-state index in [0.29, 0.717) is 17.2 Å². The van der Waals surface area contributed by atoms with Gasteiger partial charge in [-0.25, -0.2) is 0 Å². The van der Waals surface area contributed by atoms with Gasteiger partial charge < -0.3 is 9.73 Å². The average Bonchev–Trinajstić information content (AvgIpc) is 2.93. The fourth-order valence-corrected chi connectivity index (χ4v) is 2.97. The number of hydrogen-bond donors (Lipinski definition) is 1. The highest BCUT2D eigenvalue weighted by Gasteiger charge is 2.32. The van der Waals surface area contributed by atoms with Crippen LogP contribution in [0.3, 0.4) is 0 Å². The molecule has 0 spiro atoms. The van der Waals surface area contributed by atoms with E-state index in [1.54, 1.807) is 12.1 Å². The predicted octanol–water partition coefficient (Wildman–Crippen LogP) is 4.00. The SMILES string of the molecule is CCC(C)(C)C1CCC(NC(=O)c2ccco2)CC1. The van der Waals surface area contributed by atoms with E-state index in [2.05, 4.69) is 26.1 Å². The lowest BCUT2D eigenvalue weighted by atomic mass is 9.69. The molecule has 3 nitrogen and oxygen atoms in total. The normalized spacial score (nSPS) is 24.2. The zero-order valence-corrected chi connectivity index (χ0v) is 12.2. The molecule has 19 heavy (non-hydrogen) atoms. The molecular weight excluding hydrogens is 238 g/mol. The van der Waals surface area contributed by atoms with Crippen LogP contribution in [0.4, 0.5) is 0 Å². The van der Waals surface area contributed by atoms with Crippen LogP contribution in [0.15, 0.2) is 22.8 Å². The van der Waals surface area contributed by atoms with Gasteiger partial charge >= 0.3 is 0 Å². The Bertz CT molecular complexity index is 400. The monoisotopic (exact) mass is 263 g/mol. The molecule has 0 bridgehead atoms. The molecule has 1 aliphatic rings. The largest absolute Gasteiger partial charge is 0.459 e. The van der Waals surface area contributed by atoms with Gasteiger partial charge in [0.2, 0.25) is 0 Å². The summed E-state index contributed by atoms with van der Waals surface area (Å²) in [7, 11) is 0. The number of hydrogen-bond acceptors (Lipinski definition) is 2. The number of amides is 1. The first-order chi connectivity index (χ1) is 9.03. The first-order valence-electron chi connectivity index (χ1n) is 7.37. The minimum Gasteiger partial charge on any atom is -0.459 e. The lowest BCUT2D eigenvalue weighted by Crippen LogP contribution is -2.39. The molecule has 1 aliphatic carbocycles. The van der Waals surface area contributed by atoms with Gasteiger partial charge in [-0.2, -0.15) is 0 Å². The number of carbonyl (C=O) groups excluding carboxylic acids is 1. The van der Waals surface area contributed by atoms with E-state index in [9.17, 15) is 4.79 Å². The zero-order valence-electron chi connectivity index (χ0n) is 12.2. The second-order valence-electron chi connectivity index (χ2n) is 6.34. The van der Waals surface area contributed by atoms with Crippen molar-refractivity contribution in [1.29, 1.82) is 0 Å². The van der Waals surface area contributed by atoms with E-state index in [-0.39, 0.29) is 5.91 Å². The Labute approximate surface area is 115 Å². The van der Waals surface area contributed by atoms with Crippen LogP contribution in [0.1, 0.15) is 63.4 Å². The van der Waals surface area contributed by atoms with Crippen molar-refractivity contribution in [2.45, 2.75) is 58.9 Å². The van der Waals surface area contributed by atoms with Crippen molar-refractivity contribution in [3.8, 4) is 0 Å². The lowest BCUT2D eigenvalue weighted by Gasteiger charge is -2.39. The third kappa shape index (κ3) is 3.40. The molecule has 1 N–H and O–H groups in total. The van der Waals surface area contributed by atoms with Crippen LogP contribution >= 0.6 is 0 Å². The maximum atomic E-state index is 11.9. The van der Waals surface area contributed by atoms with Crippen LogP contribution in [0, 0.1) is 11.3 Å². The third-order valence-electron chi connectivity index (χ3n) is 4.82. The highest BCUT2D eigenvalue weighted by molar-refractivity contribution is 5.91. The summed E-state index contributed by atoms with van der Waals surface area (Å²) >= 11 is 0. The van der Waals surface area contributed by atoms with Gasteiger partial charge in [-0.15, -0.1) is 0 Å².